The molecule has 2 atom stereocenters. The van der Waals surface area contributed by atoms with E-state index in [0.717, 1.165) is 17.5 Å². The topological polar surface area (TPSA) is 94.6 Å². The number of rotatable bonds is 5. The average Bonchev–Trinajstić information content (AvgIpc) is 2.74. The van der Waals surface area contributed by atoms with E-state index >= 15 is 0 Å². The van der Waals surface area contributed by atoms with Crippen LogP contribution in [0.15, 0.2) is 42.6 Å². The van der Waals surface area contributed by atoms with E-state index in [9.17, 15) is 14.4 Å². The number of aryl methyl sites for hydroxylation is 2. The van der Waals surface area contributed by atoms with Crippen molar-refractivity contribution in [2.24, 2.45) is 0 Å². The van der Waals surface area contributed by atoms with Crippen LogP contribution in [0.1, 0.15) is 29.7 Å². The van der Waals surface area contributed by atoms with Crippen LogP contribution in [-0.2, 0) is 16.1 Å². The second kappa shape index (κ2) is 8.85. The fraction of sp³-hybridized carbons (Fsp3) is 0.391. The van der Waals surface area contributed by atoms with E-state index in [1.807, 2.05) is 38.1 Å². The van der Waals surface area contributed by atoms with E-state index in [-0.39, 0.29) is 30.9 Å². The Balaban J connectivity index is 1.54. The lowest BCUT2D eigenvalue weighted by Gasteiger charge is -2.46. The molecule has 0 saturated carbocycles. The molecule has 2 N–H and O–H groups in total. The van der Waals surface area contributed by atoms with Crippen LogP contribution in [0.2, 0.25) is 0 Å². The van der Waals surface area contributed by atoms with Crippen molar-refractivity contribution in [1.29, 1.82) is 0 Å². The average molecular weight is 422 g/mol. The molecule has 2 aliphatic heterocycles. The minimum atomic E-state index is -0.510. The fourth-order valence-electron chi connectivity index (χ4n) is 4.40. The Morgan fingerprint density at radius 2 is 1.97 bits per heavy atom. The Morgan fingerprint density at radius 1 is 1.19 bits per heavy atom. The van der Waals surface area contributed by atoms with Gasteiger partial charge < -0.3 is 15.5 Å². The molecule has 8 nitrogen and oxygen atoms in total. The van der Waals surface area contributed by atoms with Crippen LogP contribution in [0.4, 0.5) is 10.5 Å². The molecule has 162 valence electrons. The molecule has 4 amide bonds. The lowest BCUT2D eigenvalue weighted by atomic mass is 9.93. The summed E-state index contributed by atoms with van der Waals surface area (Å²) < 4.78 is 0. The molecule has 1 aromatic heterocycles. The van der Waals surface area contributed by atoms with Gasteiger partial charge in [-0.15, -0.1) is 0 Å². The van der Waals surface area contributed by atoms with E-state index in [1.165, 1.54) is 9.80 Å². The molecular weight excluding hydrogens is 394 g/mol. The number of pyridine rings is 1. The van der Waals surface area contributed by atoms with E-state index in [2.05, 4.69) is 15.6 Å². The first-order valence-corrected chi connectivity index (χ1v) is 10.6. The predicted octanol–water partition coefficient (Wildman–Crippen LogP) is 2.22. The van der Waals surface area contributed by atoms with Crippen LogP contribution in [0.3, 0.4) is 0 Å². The van der Waals surface area contributed by atoms with Crippen LogP contribution >= 0.6 is 0 Å². The number of nitrogens with zero attached hydrogens (tertiary/aromatic N) is 3. The van der Waals surface area contributed by atoms with E-state index in [1.54, 1.807) is 18.3 Å². The number of fused-ring (bicyclic) bond motifs is 1. The third kappa shape index (κ3) is 4.59. The van der Waals surface area contributed by atoms with Gasteiger partial charge in [0.2, 0.25) is 11.8 Å². The first-order chi connectivity index (χ1) is 14.9. The number of piperidine rings is 1. The predicted molar refractivity (Wildman–Crippen MR) is 116 cm³/mol. The van der Waals surface area contributed by atoms with Gasteiger partial charge in [0.15, 0.2) is 0 Å². The Morgan fingerprint density at radius 3 is 2.68 bits per heavy atom. The van der Waals surface area contributed by atoms with Crippen LogP contribution < -0.4 is 10.6 Å². The second-order valence-corrected chi connectivity index (χ2v) is 8.22. The largest absolute Gasteiger partial charge is 0.327 e. The molecule has 2 unspecified atom stereocenters. The van der Waals surface area contributed by atoms with Crippen molar-refractivity contribution < 1.29 is 14.4 Å². The third-order valence-electron chi connectivity index (χ3n) is 5.70. The number of hydrogen-bond donors (Lipinski definition) is 2. The normalized spacial score (nSPS) is 21.1. The molecule has 2 aliphatic rings. The summed E-state index contributed by atoms with van der Waals surface area (Å²) in [7, 11) is 0. The highest BCUT2D eigenvalue weighted by Crippen LogP contribution is 2.26. The number of carbonyl (C=O) groups excluding carboxylic acids is 3. The van der Waals surface area contributed by atoms with Crippen LogP contribution in [0.5, 0.6) is 0 Å². The quantitative estimate of drug-likeness (QED) is 0.772. The van der Waals surface area contributed by atoms with E-state index in [0.29, 0.717) is 24.3 Å². The SMILES string of the molecule is Cc1cc(C)cc(NC(=O)CN2C(=O)N(Cc3ccccn3)C(=O)C3NCCCC32)c1. The number of benzene rings is 1. The van der Waals surface area contributed by atoms with Crippen molar-refractivity contribution in [2.75, 3.05) is 18.4 Å². The van der Waals surface area contributed by atoms with Crippen molar-refractivity contribution in [3.8, 4) is 0 Å². The fourth-order valence-corrected chi connectivity index (χ4v) is 4.40. The van der Waals surface area contributed by atoms with E-state index < -0.39 is 12.1 Å². The summed E-state index contributed by atoms with van der Waals surface area (Å²) in [6.07, 6.45) is 3.16. The van der Waals surface area contributed by atoms with Gasteiger partial charge in [0.25, 0.3) is 0 Å². The number of anilines is 1. The van der Waals surface area contributed by atoms with Crippen molar-refractivity contribution >= 4 is 23.5 Å². The summed E-state index contributed by atoms with van der Waals surface area (Å²) in [5.74, 6) is -0.541. The Kier molecular flexibility index (Phi) is 5.99. The van der Waals surface area contributed by atoms with Gasteiger partial charge in [0.1, 0.15) is 12.6 Å². The minimum absolute atomic E-state index is 0.0819. The van der Waals surface area contributed by atoms with Gasteiger partial charge >= 0.3 is 6.03 Å². The number of imide groups is 1. The molecule has 8 heteroatoms. The van der Waals surface area contributed by atoms with Gasteiger partial charge in [-0.25, -0.2) is 4.79 Å². The number of urea groups is 1. The zero-order chi connectivity index (χ0) is 22.0. The van der Waals surface area contributed by atoms with Gasteiger partial charge in [0.05, 0.1) is 18.3 Å². The molecular formula is C23H27N5O3. The summed E-state index contributed by atoms with van der Waals surface area (Å²) >= 11 is 0. The molecule has 31 heavy (non-hydrogen) atoms. The van der Waals surface area contributed by atoms with Crippen LogP contribution in [0, 0.1) is 13.8 Å². The van der Waals surface area contributed by atoms with Gasteiger partial charge in [0, 0.05) is 11.9 Å². The maximum Gasteiger partial charge on any atom is 0.327 e. The summed E-state index contributed by atoms with van der Waals surface area (Å²) in [5.41, 5.74) is 3.42. The number of carbonyl (C=O) groups is 3. The number of aromatic nitrogens is 1. The zero-order valence-corrected chi connectivity index (χ0v) is 17.8. The molecule has 0 aliphatic carbocycles. The lowest BCUT2D eigenvalue weighted by Crippen LogP contribution is -2.70. The minimum Gasteiger partial charge on any atom is -0.325 e. The molecule has 0 spiro atoms. The van der Waals surface area contributed by atoms with Gasteiger partial charge in [-0.05, 0) is 68.6 Å². The molecule has 2 saturated heterocycles. The molecule has 3 heterocycles. The zero-order valence-electron chi connectivity index (χ0n) is 17.8. The van der Waals surface area contributed by atoms with Crippen LogP contribution in [-0.4, -0.2) is 57.8 Å². The smallest absolute Gasteiger partial charge is 0.325 e. The molecule has 4 rings (SSSR count). The maximum atomic E-state index is 13.3. The Bertz CT molecular complexity index is 974. The Hall–Kier alpha value is -3.26. The number of amides is 4. The van der Waals surface area contributed by atoms with Gasteiger partial charge in [-0.3, -0.25) is 19.5 Å². The highest BCUT2D eigenvalue weighted by Gasteiger charge is 2.47. The van der Waals surface area contributed by atoms with Crippen molar-refractivity contribution in [1.82, 2.24) is 20.1 Å². The van der Waals surface area contributed by atoms with Crippen LogP contribution in [0.25, 0.3) is 0 Å². The lowest BCUT2D eigenvalue weighted by molar-refractivity contribution is -0.138. The number of hydrogen-bond acceptors (Lipinski definition) is 5. The Labute approximate surface area is 181 Å². The highest BCUT2D eigenvalue weighted by molar-refractivity contribution is 6.02. The maximum absolute atomic E-state index is 13.3. The van der Waals surface area contributed by atoms with Crippen molar-refractivity contribution in [2.45, 2.75) is 45.3 Å². The standard InChI is InChI=1S/C23H27N5O3/c1-15-10-16(2)12-18(11-15)26-20(29)14-27-19-7-5-9-25-21(19)22(30)28(23(27)31)13-17-6-3-4-8-24-17/h3-4,6,8,10-12,19,21,25H,5,7,9,13-14H2,1-2H3,(H,26,29). The molecule has 2 fully saturated rings. The second-order valence-electron chi connectivity index (χ2n) is 8.22. The van der Waals surface area contributed by atoms with Gasteiger partial charge in [-0.2, -0.15) is 0 Å². The number of nitrogens with one attached hydrogen (secondary N) is 2. The first kappa shape index (κ1) is 21.0. The third-order valence-corrected chi connectivity index (χ3v) is 5.70. The highest BCUT2D eigenvalue weighted by atomic mass is 16.2. The molecule has 1 aromatic carbocycles. The molecule has 0 radical (unpaired) electrons. The van der Waals surface area contributed by atoms with Gasteiger partial charge in [-0.1, -0.05) is 12.1 Å². The monoisotopic (exact) mass is 421 g/mol. The first-order valence-electron chi connectivity index (χ1n) is 10.6. The van der Waals surface area contributed by atoms with E-state index in [4.69, 9.17) is 0 Å². The summed E-state index contributed by atoms with van der Waals surface area (Å²) in [5, 5.41) is 6.13. The van der Waals surface area contributed by atoms with Crippen molar-refractivity contribution in [3.05, 3.63) is 59.4 Å². The summed E-state index contributed by atoms with van der Waals surface area (Å²) in [6, 6.07) is 9.90. The molecule has 2 aromatic rings. The summed E-state index contributed by atoms with van der Waals surface area (Å²) in [6.45, 7) is 4.62. The summed E-state index contributed by atoms with van der Waals surface area (Å²) in [4.78, 5) is 46.1. The molecule has 0 bridgehead atoms. The van der Waals surface area contributed by atoms with Crippen molar-refractivity contribution in [3.63, 3.8) is 0 Å².